The van der Waals surface area contributed by atoms with Gasteiger partial charge in [0.2, 0.25) is 0 Å². The van der Waals surface area contributed by atoms with Gasteiger partial charge in [0.25, 0.3) is 0 Å². The molecule has 0 aromatic heterocycles. The van der Waals surface area contributed by atoms with Crippen LogP contribution in [-0.4, -0.2) is 30.3 Å². The topological polar surface area (TPSA) is 66.7 Å². The monoisotopic (exact) mass is 345 g/mol. The number of hydrogen-bond donors (Lipinski definition) is 1. The minimum absolute atomic E-state index is 0.242. The average Bonchev–Trinajstić information content (AvgIpc) is 2.49. The molecule has 0 spiro atoms. The third kappa shape index (κ3) is 8.18. The van der Waals surface area contributed by atoms with Crippen LogP contribution in [0.2, 0.25) is 0 Å². The van der Waals surface area contributed by atoms with E-state index in [4.69, 9.17) is 0 Å². The maximum atomic E-state index is 12.6. The Labute approximate surface area is 142 Å². The first-order valence-electron chi connectivity index (χ1n) is 9.54. The summed E-state index contributed by atoms with van der Waals surface area (Å²) >= 11 is 0. The Kier molecular flexibility index (Phi) is 10.6. The lowest BCUT2D eigenvalue weighted by Gasteiger charge is -2.21. The highest BCUT2D eigenvalue weighted by Crippen LogP contribution is 2.22. The van der Waals surface area contributed by atoms with Crippen molar-refractivity contribution < 1.29 is 13.6 Å². The fourth-order valence-electron chi connectivity index (χ4n) is 3.40. The van der Waals surface area contributed by atoms with Gasteiger partial charge in [0.05, 0.1) is 11.5 Å². The largest absolute Gasteiger partial charge is 0.411 e. The number of sulfone groups is 1. The molecule has 1 N–H and O–H groups in total. The van der Waals surface area contributed by atoms with Crippen molar-refractivity contribution in [3.05, 3.63) is 0 Å². The van der Waals surface area contributed by atoms with E-state index in [2.05, 4.69) is 12.1 Å². The van der Waals surface area contributed by atoms with Crippen molar-refractivity contribution in [1.82, 2.24) is 0 Å². The van der Waals surface area contributed by atoms with Gasteiger partial charge in [-0.25, -0.2) is 8.42 Å². The molecule has 0 radical (unpaired) electrons. The summed E-state index contributed by atoms with van der Waals surface area (Å²) in [6.07, 6.45) is 14.5. The Bertz CT molecular complexity index is 432. The van der Waals surface area contributed by atoms with Crippen molar-refractivity contribution in [3.8, 4) is 0 Å². The first-order chi connectivity index (χ1) is 11.1. The van der Waals surface area contributed by atoms with E-state index in [1.807, 2.05) is 0 Å². The molecule has 23 heavy (non-hydrogen) atoms. The van der Waals surface area contributed by atoms with Gasteiger partial charge < -0.3 is 5.21 Å². The highest BCUT2D eigenvalue weighted by Gasteiger charge is 2.30. The van der Waals surface area contributed by atoms with Gasteiger partial charge in [0, 0.05) is 0 Å². The standard InChI is InChI=1S/C18H35NO3S/c1-2-3-4-5-6-7-10-13-16-23(21,22)18-15-12-9-8-11-14-17(18)19-20/h18,20H,2-16H2,1H3/b19-17-/t18-/m1/s1. The molecule has 136 valence electrons. The van der Waals surface area contributed by atoms with Gasteiger partial charge in [-0.15, -0.1) is 0 Å². The number of nitrogens with zero attached hydrogens (tertiary/aromatic N) is 1. The van der Waals surface area contributed by atoms with Crippen molar-refractivity contribution in [3.63, 3.8) is 0 Å². The van der Waals surface area contributed by atoms with E-state index in [1.165, 1.54) is 32.1 Å². The summed E-state index contributed by atoms with van der Waals surface area (Å²) < 4.78 is 25.2. The molecule has 4 nitrogen and oxygen atoms in total. The summed E-state index contributed by atoms with van der Waals surface area (Å²) in [5.74, 6) is 0.242. The maximum absolute atomic E-state index is 12.6. The molecular weight excluding hydrogens is 310 g/mol. The van der Waals surface area contributed by atoms with Gasteiger partial charge in [0.1, 0.15) is 5.25 Å². The molecule has 0 aliphatic heterocycles. The predicted molar refractivity (Wildman–Crippen MR) is 97.1 cm³/mol. The molecule has 0 amide bonds. The van der Waals surface area contributed by atoms with Crippen LogP contribution < -0.4 is 0 Å². The second-order valence-electron chi connectivity index (χ2n) is 6.87. The Hall–Kier alpha value is -0.580. The molecule has 1 fully saturated rings. The number of unbranched alkanes of at least 4 members (excludes halogenated alkanes) is 7. The lowest BCUT2D eigenvalue weighted by atomic mass is 9.99. The minimum atomic E-state index is -3.18. The molecular formula is C18H35NO3S. The van der Waals surface area contributed by atoms with Gasteiger partial charge in [-0.2, -0.15) is 0 Å². The lowest BCUT2D eigenvalue weighted by molar-refractivity contribution is 0.315. The van der Waals surface area contributed by atoms with E-state index in [0.29, 0.717) is 18.6 Å². The van der Waals surface area contributed by atoms with Crippen LogP contribution in [0.15, 0.2) is 5.16 Å². The second kappa shape index (κ2) is 11.9. The fraction of sp³-hybridized carbons (Fsp3) is 0.944. The van der Waals surface area contributed by atoms with Crippen LogP contribution in [0.25, 0.3) is 0 Å². The summed E-state index contributed by atoms with van der Waals surface area (Å²) in [5.41, 5.74) is 0.490. The van der Waals surface area contributed by atoms with Crippen LogP contribution in [0.5, 0.6) is 0 Å². The normalized spacial score (nSPS) is 22.0. The van der Waals surface area contributed by atoms with E-state index in [0.717, 1.165) is 44.9 Å². The number of rotatable bonds is 10. The zero-order valence-electron chi connectivity index (χ0n) is 14.8. The van der Waals surface area contributed by atoms with Crippen molar-refractivity contribution in [2.75, 3.05) is 5.75 Å². The summed E-state index contributed by atoms with van der Waals surface area (Å²) in [5, 5.41) is 12.0. The molecule has 1 saturated carbocycles. The lowest BCUT2D eigenvalue weighted by Crippen LogP contribution is -2.33. The van der Waals surface area contributed by atoms with E-state index < -0.39 is 15.1 Å². The molecule has 1 aliphatic carbocycles. The molecule has 0 aromatic rings. The molecule has 5 heteroatoms. The third-order valence-corrected chi connectivity index (χ3v) is 7.10. The quantitative estimate of drug-likeness (QED) is 0.340. The van der Waals surface area contributed by atoms with Crippen LogP contribution in [0, 0.1) is 0 Å². The van der Waals surface area contributed by atoms with E-state index >= 15 is 0 Å². The van der Waals surface area contributed by atoms with Gasteiger partial charge in [-0.3, -0.25) is 0 Å². The molecule has 1 rings (SSSR count). The van der Waals surface area contributed by atoms with Crippen LogP contribution in [0.1, 0.15) is 96.8 Å². The van der Waals surface area contributed by atoms with E-state index in [9.17, 15) is 13.6 Å². The first kappa shape index (κ1) is 20.5. The zero-order chi connectivity index (χ0) is 17.0. The second-order valence-corrected chi connectivity index (χ2v) is 9.18. The predicted octanol–water partition coefficient (Wildman–Crippen LogP) is 5.09. The first-order valence-corrected chi connectivity index (χ1v) is 11.3. The van der Waals surface area contributed by atoms with Crippen molar-refractivity contribution in [2.45, 2.75) is 102 Å². The van der Waals surface area contributed by atoms with Crippen molar-refractivity contribution >= 4 is 15.5 Å². The SMILES string of the molecule is CCCCCCCCCCS(=O)(=O)[C@@H]1CCCCCC/C1=N/O. The summed E-state index contributed by atoms with van der Waals surface area (Å²) in [6.45, 7) is 2.21. The molecule has 0 unspecified atom stereocenters. The van der Waals surface area contributed by atoms with Gasteiger partial charge in [-0.1, -0.05) is 76.3 Å². The maximum Gasteiger partial charge on any atom is 0.158 e. The Morgan fingerprint density at radius 3 is 2.22 bits per heavy atom. The summed E-state index contributed by atoms with van der Waals surface area (Å²) in [4.78, 5) is 0. The van der Waals surface area contributed by atoms with E-state index in [-0.39, 0.29) is 5.75 Å². The zero-order valence-corrected chi connectivity index (χ0v) is 15.6. The van der Waals surface area contributed by atoms with Gasteiger partial charge in [0.15, 0.2) is 9.84 Å². The Balaban J connectivity index is 2.35. The molecule has 0 saturated heterocycles. The van der Waals surface area contributed by atoms with Crippen LogP contribution >= 0.6 is 0 Å². The third-order valence-electron chi connectivity index (χ3n) is 4.87. The fourth-order valence-corrected chi connectivity index (χ4v) is 5.39. The van der Waals surface area contributed by atoms with Crippen LogP contribution in [0.3, 0.4) is 0 Å². The van der Waals surface area contributed by atoms with Crippen molar-refractivity contribution in [2.24, 2.45) is 5.16 Å². The van der Waals surface area contributed by atoms with Gasteiger partial charge in [-0.05, 0) is 25.7 Å². The molecule has 1 atom stereocenters. The number of hydrogen-bond acceptors (Lipinski definition) is 4. The average molecular weight is 346 g/mol. The van der Waals surface area contributed by atoms with Crippen LogP contribution in [0.4, 0.5) is 0 Å². The van der Waals surface area contributed by atoms with E-state index in [1.54, 1.807) is 0 Å². The highest BCUT2D eigenvalue weighted by atomic mass is 32.2. The van der Waals surface area contributed by atoms with Crippen molar-refractivity contribution in [1.29, 1.82) is 0 Å². The minimum Gasteiger partial charge on any atom is -0.411 e. The Morgan fingerprint density at radius 2 is 1.57 bits per heavy atom. The van der Waals surface area contributed by atoms with Gasteiger partial charge >= 0.3 is 0 Å². The van der Waals surface area contributed by atoms with Crippen LogP contribution in [-0.2, 0) is 9.84 Å². The molecule has 0 aromatic carbocycles. The number of oxime groups is 1. The summed E-state index contributed by atoms with van der Waals surface area (Å²) in [7, 11) is -3.18. The summed E-state index contributed by atoms with van der Waals surface area (Å²) in [6, 6.07) is 0. The Morgan fingerprint density at radius 1 is 0.957 bits per heavy atom. The molecule has 0 bridgehead atoms. The molecule has 0 heterocycles. The highest BCUT2D eigenvalue weighted by molar-refractivity contribution is 7.92. The smallest absolute Gasteiger partial charge is 0.158 e. The molecule has 1 aliphatic rings.